The van der Waals surface area contributed by atoms with Crippen LogP contribution in [0, 0.1) is 0 Å². The van der Waals surface area contributed by atoms with Crippen LogP contribution in [-0.4, -0.2) is 25.9 Å². The van der Waals surface area contributed by atoms with Crippen LogP contribution in [0.1, 0.15) is 35.5 Å². The molecule has 1 unspecified atom stereocenters. The molecule has 1 atom stereocenters. The van der Waals surface area contributed by atoms with Crippen LogP contribution in [0.4, 0.5) is 0 Å². The first kappa shape index (κ1) is 23.5. The number of hydrogen-bond acceptors (Lipinski definition) is 4. The van der Waals surface area contributed by atoms with Gasteiger partial charge in [-0.15, -0.1) is 16.8 Å². The Morgan fingerprint density at radius 1 is 0.941 bits per heavy atom. The molecule has 0 saturated heterocycles. The van der Waals surface area contributed by atoms with Crippen LogP contribution in [0.2, 0.25) is 0 Å². The number of thioether (sulfide) groups is 1. The van der Waals surface area contributed by atoms with Gasteiger partial charge in [0.2, 0.25) is 5.91 Å². The van der Waals surface area contributed by atoms with Crippen LogP contribution in [-0.2, 0) is 17.8 Å². The number of hydrogen-bond donors (Lipinski definition) is 1. The van der Waals surface area contributed by atoms with Crippen molar-refractivity contribution in [1.29, 1.82) is 0 Å². The first-order chi connectivity index (χ1) is 16.7. The molecule has 6 heteroatoms. The molecule has 4 rings (SSSR count). The molecule has 0 aliphatic heterocycles. The lowest BCUT2D eigenvalue weighted by atomic mass is 9.98. The summed E-state index contributed by atoms with van der Waals surface area (Å²) in [5, 5.41) is 12.4. The number of amides is 1. The van der Waals surface area contributed by atoms with Gasteiger partial charge in [-0.3, -0.25) is 4.79 Å². The molecule has 0 bridgehead atoms. The minimum atomic E-state index is -0.354. The standard InChI is InChI=1S/C28H28N4OS/c1-3-19-32-25(20-22-13-7-4-8-14-22)30-31-28(32)34-21(2)27(33)29-26(23-15-9-5-10-16-23)24-17-11-6-12-18-24/h3-18,21,26H,1,19-20H2,2H3,(H,29,33). The highest BCUT2D eigenvalue weighted by Crippen LogP contribution is 2.26. The summed E-state index contributed by atoms with van der Waals surface area (Å²) in [6.45, 7) is 6.37. The normalized spacial score (nSPS) is 11.8. The van der Waals surface area contributed by atoms with E-state index in [0.29, 0.717) is 18.1 Å². The van der Waals surface area contributed by atoms with Crippen molar-refractivity contribution in [3.63, 3.8) is 0 Å². The molecular formula is C28H28N4OS. The molecule has 1 heterocycles. The van der Waals surface area contributed by atoms with Crippen molar-refractivity contribution in [2.75, 3.05) is 0 Å². The van der Waals surface area contributed by atoms with E-state index in [1.807, 2.05) is 96.4 Å². The van der Waals surface area contributed by atoms with E-state index in [1.54, 1.807) is 0 Å². The summed E-state index contributed by atoms with van der Waals surface area (Å²) in [5.74, 6) is 0.799. The average Bonchev–Trinajstić information content (AvgIpc) is 3.24. The van der Waals surface area contributed by atoms with Gasteiger partial charge in [-0.05, 0) is 23.6 Å². The van der Waals surface area contributed by atoms with Crippen LogP contribution in [0.3, 0.4) is 0 Å². The molecule has 0 aliphatic carbocycles. The molecule has 0 aliphatic rings. The van der Waals surface area contributed by atoms with Crippen LogP contribution >= 0.6 is 11.8 Å². The fourth-order valence-electron chi connectivity index (χ4n) is 3.75. The van der Waals surface area contributed by atoms with Crippen molar-refractivity contribution in [2.24, 2.45) is 0 Å². The molecule has 0 spiro atoms. The van der Waals surface area contributed by atoms with E-state index in [0.717, 1.165) is 22.5 Å². The van der Waals surface area contributed by atoms with Gasteiger partial charge in [0.25, 0.3) is 0 Å². The van der Waals surface area contributed by atoms with Gasteiger partial charge in [0.05, 0.1) is 11.3 Å². The van der Waals surface area contributed by atoms with Crippen molar-refractivity contribution in [2.45, 2.75) is 36.3 Å². The molecule has 172 valence electrons. The Balaban J connectivity index is 1.51. The van der Waals surface area contributed by atoms with Gasteiger partial charge in [0.1, 0.15) is 5.82 Å². The number of nitrogens with zero attached hydrogens (tertiary/aromatic N) is 3. The lowest BCUT2D eigenvalue weighted by Crippen LogP contribution is -2.35. The van der Waals surface area contributed by atoms with Gasteiger partial charge >= 0.3 is 0 Å². The van der Waals surface area contributed by atoms with E-state index in [4.69, 9.17) is 0 Å². The highest BCUT2D eigenvalue weighted by molar-refractivity contribution is 8.00. The maximum atomic E-state index is 13.3. The summed E-state index contributed by atoms with van der Waals surface area (Å²) in [6.07, 6.45) is 2.50. The van der Waals surface area contributed by atoms with Crippen LogP contribution in [0.5, 0.6) is 0 Å². The second kappa shape index (κ2) is 11.5. The molecule has 3 aromatic carbocycles. The Bertz CT molecular complexity index is 1170. The molecule has 1 N–H and O–H groups in total. The number of carbonyl (C=O) groups excluding carboxylic acids is 1. The highest BCUT2D eigenvalue weighted by Gasteiger charge is 2.23. The largest absolute Gasteiger partial charge is 0.344 e. The second-order valence-corrected chi connectivity index (χ2v) is 9.29. The SMILES string of the molecule is C=CCn1c(Cc2ccccc2)nnc1SC(C)C(=O)NC(c1ccccc1)c1ccccc1. The summed E-state index contributed by atoms with van der Waals surface area (Å²) in [5.41, 5.74) is 3.24. The molecule has 1 aromatic heterocycles. The van der Waals surface area contributed by atoms with Gasteiger partial charge in [0, 0.05) is 13.0 Å². The Labute approximate surface area is 204 Å². The average molecular weight is 469 g/mol. The first-order valence-electron chi connectivity index (χ1n) is 11.3. The molecule has 5 nitrogen and oxygen atoms in total. The summed E-state index contributed by atoms with van der Waals surface area (Å²) in [6, 6.07) is 30.0. The number of nitrogens with one attached hydrogen (secondary N) is 1. The van der Waals surface area contributed by atoms with E-state index in [-0.39, 0.29) is 17.2 Å². The Kier molecular flexibility index (Phi) is 7.94. The van der Waals surface area contributed by atoms with Crippen LogP contribution in [0.15, 0.2) is 109 Å². The van der Waals surface area contributed by atoms with Crippen molar-refractivity contribution >= 4 is 17.7 Å². The number of benzene rings is 3. The third-order valence-electron chi connectivity index (χ3n) is 5.51. The molecular weight excluding hydrogens is 440 g/mol. The first-order valence-corrected chi connectivity index (χ1v) is 12.2. The summed E-state index contributed by atoms with van der Waals surface area (Å²) < 4.78 is 2.03. The van der Waals surface area contributed by atoms with E-state index in [2.05, 4.69) is 34.2 Å². The van der Waals surface area contributed by atoms with Gasteiger partial charge in [-0.2, -0.15) is 0 Å². The third kappa shape index (κ3) is 5.83. The predicted octanol–water partition coefficient (Wildman–Crippen LogP) is 5.44. The maximum Gasteiger partial charge on any atom is 0.234 e. The molecule has 0 fully saturated rings. The zero-order chi connectivity index (χ0) is 23.8. The van der Waals surface area contributed by atoms with E-state index >= 15 is 0 Å². The van der Waals surface area contributed by atoms with Crippen molar-refractivity contribution in [1.82, 2.24) is 20.1 Å². The predicted molar refractivity (Wildman–Crippen MR) is 138 cm³/mol. The van der Waals surface area contributed by atoms with E-state index < -0.39 is 0 Å². The van der Waals surface area contributed by atoms with Crippen molar-refractivity contribution < 1.29 is 4.79 Å². The van der Waals surface area contributed by atoms with Crippen molar-refractivity contribution in [3.8, 4) is 0 Å². The third-order valence-corrected chi connectivity index (χ3v) is 6.59. The van der Waals surface area contributed by atoms with Gasteiger partial charge < -0.3 is 9.88 Å². The van der Waals surface area contributed by atoms with E-state index in [1.165, 1.54) is 11.8 Å². The number of rotatable bonds is 10. The molecule has 34 heavy (non-hydrogen) atoms. The van der Waals surface area contributed by atoms with Crippen LogP contribution < -0.4 is 5.32 Å². The zero-order valence-corrected chi connectivity index (χ0v) is 20.0. The zero-order valence-electron chi connectivity index (χ0n) is 19.2. The lowest BCUT2D eigenvalue weighted by molar-refractivity contribution is -0.120. The maximum absolute atomic E-state index is 13.3. The number of carbonyl (C=O) groups is 1. The monoisotopic (exact) mass is 468 g/mol. The fraction of sp³-hybridized carbons (Fsp3) is 0.179. The topological polar surface area (TPSA) is 59.8 Å². The van der Waals surface area contributed by atoms with Gasteiger partial charge in [0.15, 0.2) is 5.16 Å². The molecule has 4 aromatic rings. The molecule has 1 amide bonds. The Morgan fingerprint density at radius 2 is 1.50 bits per heavy atom. The highest BCUT2D eigenvalue weighted by atomic mass is 32.2. The minimum absolute atomic E-state index is 0.0551. The second-order valence-electron chi connectivity index (χ2n) is 7.98. The van der Waals surface area contributed by atoms with Gasteiger partial charge in [-0.1, -0.05) is 109 Å². The number of aromatic nitrogens is 3. The Morgan fingerprint density at radius 3 is 2.06 bits per heavy atom. The van der Waals surface area contributed by atoms with Gasteiger partial charge in [-0.25, -0.2) is 0 Å². The lowest BCUT2D eigenvalue weighted by Gasteiger charge is -2.22. The summed E-state index contributed by atoms with van der Waals surface area (Å²) >= 11 is 1.41. The fourth-order valence-corrected chi connectivity index (χ4v) is 4.64. The molecule has 0 radical (unpaired) electrons. The summed E-state index contributed by atoms with van der Waals surface area (Å²) in [4.78, 5) is 13.3. The minimum Gasteiger partial charge on any atom is -0.344 e. The molecule has 0 saturated carbocycles. The van der Waals surface area contributed by atoms with Crippen LogP contribution in [0.25, 0.3) is 0 Å². The quantitative estimate of drug-likeness (QED) is 0.249. The smallest absolute Gasteiger partial charge is 0.234 e. The number of allylic oxidation sites excluding steroid dienone is 1. The van der Waals surface area contributed by atoms with Crippen molar-refractivity contribution in [3.05, 3.63) is 126 Å². The van der Waals surface area contributed by atoms with E-state index in [9.17, 15) is 4.79 Å². The summed E-state index contributed by atoms with van der Waals surface area (Å²) in [7, 11) is 0. The Hall–Kier alpha value is -3.64.